The van der Waals surface area contributed by atoms with Crippen LogP contribution in [-0.2, 0) is 16.1 Å². The Morgan fingerprint density at radius 1 is 1.38 bits per heavy atom. The largest absolute Gasteiger partial charge is 0.396 e. The van der Waals surface area contributed by atoms with Gasteiger partial charge in [-0.2, -0.15) is 0 Å². The number of morpholine rings is 1. The zero-order valence-corrected chi connectivity index (χ0v) is 14.8. The quantitative estimate of drug-likeness (QED) is 0.712. The van der Waals surface area contributed by atoms with Crippen molar-refractivity contribution in [3.63, 3.8) is 0 Å². The monoisotopic (exact) mass is 334 g/mol. The number of amides is 1. The van der Waals surface area contributed by atoms with E-state index in [4.69, 9.17) is 4.74 Å². The van der Waals surface area contributed by atoms with Gasteiger partial charge in [0, 0.05) is 32.8 Å². The van der Waals surface area contributed by atoms with Crippen LogP contribution < -0.4 is 5.32 Å². The second-order valence-corrected chi connectivity index (χ2v) is 7.30. The smallest absolute Gasteiger partial charge is 0.250 e. The molecule has 24 heavy (non-hydrogen) atoms. The van der Waals surface area contributed by atoms with E-state index in [-0.39, 0.29) is 17.9 Å². The van der Waals surface area contributed by atoms with E-state index in [1.165, 1.54) is 5.56 Å². The van der Waals surface area contributed by atoms with Crippen molar-refractivity contribution in [2.24, 2.45) is 5.41 Å². The van der Waals surface area contributed by atoms with Crippen molar-refractivity contribution in [2.45, 2.75) is 39.3 Å². The van der Waals surface area contributed by atoms with Crippen molar-refractivity contribution in [3.8, 4) is 0 Å². The van der Waals surface area contributed by atoms with E-state index in [1.54, 1.807) is 0 Å². The van der Waals surface area contributed by atoms with Gasteiger partial charge in [0.1, 0.15) is 6.10 Å². The molecule has 1 heterocycles. The Hall–Kier alpha value is -1.43. The highest BCUT2D eigenvalue weighted by atomic mass is 16.5. The van der Waals surface area contributed by atoms with Crippen molar-refractivity contribution in [2.75, 3.05) is 32.8 Å². The molecule has 0 spiro atoms. The van der Waals surface area contributed by atoms with Crippen LogP contribution in [0.2, 0.25) is 0 Å². The summed E-state index contributed by atoms with van der Waals surface area (Å²) in [7, 11) is 0. The van der Waals surface area contributed by atoms with Crippen LogP contribution >= 0.6 is 0 Å². The normalized spacial score (nSPS) is 19.2. The van der Waals surface area contributed by atoms with Gasteiger partial charge in [0.25, 0.3) is 0 Å². The van der Waals surface area contributed by atoms with Gasteiger partial charge in [-0.15, -0.1) is 0 Å². The second kappa shape index (κ2) is 9.16. The van der Waals surface area contributed by atoms with Gasteiger partial charge in [-0.05, 0) is 23.8 Å². The molecule has 1 saturated heterocycles. The van der Waals surface area contributed by atoms with Gasteiger partial charge >= 0.3 is 0 Å². The Balaban J connectivity index is 1.72. The van der Waals surface area contributed by atoms with Crippen LogP contribution in [0.25, 0.3) is 0 Å². The van der Waals surface area contributed by atoms with Gasteiger partial charge in [0.15, 0.2) is 0 Å². The SMILES string of the molecule is CC(C)(CO)CCCNC(=O)C1CN(Cc2ccccc2)CCO1. The summed E-state index contributed by atoms with van der Waals surface area (Å²) in [6.07, 6.45) is 1.35. The summed E-state index contributed by atoms with van der Waals surface area (Å²) in [5.41, 5.74) is 1.17. The molecule has 1 aliphatic heterocycles. The molecule has 5 heteroatoms. The molecule has 0 aliphatic carbocycles. The van der Waals surface area contributed by atoms with E-state index in [1.807, 2.05) is 32.0 Å². The Kier molecular flexibility index (Phi) is 7.21. The lowest BCUT2D eigenvalue weighted by molar-refractivity contribution is -0.138. The second-order valence-electron chi connectivity index (χ2n) is 7.30. The van der Waals surface area contributed by atoms with Crippen LogP contribution in [0.1, 0.15) is 32.3 Å². The van der Waals surface area contributed by atoms with Crippen molar-refractivity contribution in [1.82, 2.24) is 10.2 Å². The van der Waals surface area contributed by atoms with E-state index < -0.39 is 6.10 Å². The maximum atomic E-state index is 12.3. The molecule has 1 fully saturated rings. The number of carbonyl (C=O) groups is 1. The number of benzene rings is 1. The number of aliphatic hydroxyl groups is 1. The molecule has 2 N–H and O–H groups in total. The number of aliphatic hydroxyl groups excluding tert-OH is 1. The van der Waals surface area contributed by atoms with E-state index in [0.717, 1.165) is 25.9 Å². The minimum atomic E-state index is -0.395. The van der Waals surface area contributed by atoms with Gasteiger partial charge in [0.05, 0.1) is 6.61 Å². The third-order valence-electron chi connectivity index (χ3n) is 4.45. The van der Waals surface area contributed by atoms with Gasteiger partial charge in [-0.1, -0.05) is 44.2 Å². The predicted molar refractivity (Wildman–Crippen MR) is 94.6 cm³/mol. The van der Waals surface area contributed by atoms with Gasteiger partial charge < -0.3 is 15.2 Å². The zero-order valence-electron chi connectivity index (χ0n) is 14.8. The molecule has 0 aromatic heterocycles. The fourth-order valence-corrected chi connectivity index (χ4v) is 2.82. The molecule has 0 bridgehead atoms. The third-order valence-corrected chi connectivity index (χ3v) is 4.45. The highest BCUT2D eigenvalue weighted by molar-refractivity contribution is 5.81. The van der Waals surface area contributed by atoms with Crippen LogP contribution in [0.3, 0.4) is 0 Å². The van der Waals surface area contributed by atoms with Crippen molar-refractivity contribution in [3.05, 3.63) is 35.9 Å². The number of carbonyl (C=O) groups excluding carboxylic acids is 1. The van der Waals surface area contributed by atoms with Crippen molar-refractivity contribution in [1.29, 1.82) is 0 Å². The first-order valence-corrected chi connectivity index (χ1v) is 8.77. The maximum absolute atomic E-state index is 12.3. The third kappa shape index (κ3) is 6.23. The molecule has 0 radical (unpaired) electrons. The minimum absolute atomic E-state index is 0.0328. The number of rotatable bonds is 8. The number of nitrogens with one attached hydrogen (secondary N) is 1. The van der Waals surface area contributed by atoms with Gasteiger partial charge in [-0.3, -0.25) is 9.69 Å². The Morgan fingerprint density at radius 3 is 2.83 bits per heavy atom. The maximum Gasteiger partial charge on any atom is 0.250 e. The first-order chi connectivity index (χ1) is 11.5. The van der Waals surface area contributed by atoms with Crippen molar-refractivity contribution >= 4 is 5.91 Å². The first-order valence-electron chi connectivity index (χ1n) is 8.77. The molecule has 1 aromatic rings. The highest BCUT2D eigenvalue weighted by Crippen LogP contribution is 2.20. The Labute approximate surface area is 145 Å². The lowest BCUT2D eigenvalue weighted by atomic mass is 9.89. The fourth-order valence-electron chi connectivity index (χ4n) is 2.82. The van der Waals surface area contributed by atoms with E-state index >= 15 is 0 Å². The molecule has 0 saturated carbocycles. The standard InChI is InChI=1S/C19H30N2O3/c1-19(2,15-22)9-6-10-20-18(23)17-14-21(11-12-24-17)13-16-7-4-3-5-8-16/h3-5,7-8,17,22H,6,9-15H2,1-2H3,(H,20,23). The summed E-state index contributed by atoms with van der Waals surface area (Å²) in [6.45, 7) is 7.76. The zero-order chi connectivity index (χ0) is 17.4. The van der Waals surface area contributed by atoms with Crippen LogP contribution in [0.4, 0.5) is 0 Å². The van der Waals surface area contributed by atoms with E-state index in [0.29, 0.717) is 19.7 Å². The molecule has 5 nitrogen and oxygen atoms in total. The topological polar surface area (TPSA) is 61.8 Å². The Morgan fingerprint density at radius 2 is 2.12 bits per heavy atom. The summed E-state index contributed by atoms with van der Waals surface area (Å²) < 4.78 is 5.63. The summed E-state index contributed by atoms with van der Waals surface area (Å²) in [4.78, 5) is 14.5. The van der Waals surface area contributed by atoms with Crippen LogP contribution in [0.15, 0.2) is 30.3 Å². The molecule has 1 amide bonds. The molecule has 134 valence electrons. The lowest BCUT2D eigenvalue weighted by Gasteiger charge is -2.32. The number of ether oxygens (including phenoxy) is 1. The average Bonchev–Trinajstić information content (AvgIpc) is 2.60. The fraction of sp³-hybridized carbons (Fsp3) is 0.632. The Bertz CT molecular complexity index is 505. The van der Waals surface area contributed by atoms with Gasteiger partial charge in [-0.25, -0.2) is 0 Å². The average molecular weight is 334 g/mol. The lowest BCUT2D eigenvalue weighted by Crippen LogP contribution is -2.49. The van der Waals surface area contributed by atoms with E-state index in [2.05, 4.69) is 22.3 Å². The highest BCUT2D eigenvalue weighted by Gasteiger charge is 2.26. The van der Waals surface area contributed by atoms with Crippen LogP contribution in [-0.4, -0.2) is 54.9 Å². The molecule has 2 rings (SSSR count). The predicted octanol–water partition coefficient (Wildman–Crippen LogP) is 1.80. The summed E-state index contributed by atoms with van der Waals surface area (Å²) in [5.74, 6) is -0.0328. The van der Waals surface area contributed by atoms with E-state index in [9.17, 15) is 9.90 Å². The molecule has 1 atom stereocenters. The number of hydrogen-bond donors (Lipinski definition) is 2. The summed E-state index contributed by atoms with van der Waals surface area (Å²) in [5, 5.41) is 12.2. The molecule has 1 aromatic carbocycles. The number of hydrogen-bond acceptors (Lipinski definition) is 4. The molecule has 1 unspecified atom stereocenters. The van der Waals surface area contributed by atoms with Crippen molar-refractivity contribution < 1.29 is 14.6 Å². The van der Waals surface area contributed by atoms with Gasteiger partial charge in [0.2, 0.25) is 5.91 Å². The number of nitrogens with zero attached hydrogens (tertiary/aromatic N) is 1. The minimum Gasteiger partial charge on any atom is -0.396 e. The molecular formula is C19H30N2O3. The summed E-state index contributed by atoms with van der Waals surface area (Å²) >= 11 is 0. The molecule has 1 aliphatic rings. The molecular weight excluding hydrogens is 304 g/mol. The first kappa shape index (κ1) is 18.9. The van der Waals surface area contributed by atoms with Crippen LogP contribution in [0, 0.1) is 5.41 Å². The summed E-state index contributed by atoms with van der Waals surface area (Å²) in [6, 6.07) is 10.3. The van der Waals surface area contributed by atoms with Crippen LogP contribution in [0.5, 0.6) is 0 Å².